The highest BCUT2D eigenvalue weighted by Crippen LogP contribution is 2.40. The maximum Gasteiger partial charge on any atom is 0.409 e. The van der Waals surface area contributed by atoms with Crippen LogP contribution in [0.15, 0.2) is 36.4 Å². The Balaban J connectivity index is 1.32. The second kappa shape index (κ2) is 14.3. The number of hydrogen-bond acceptors (Lipinski definition) is 0. The minimum atomic E-state index is -4.18. The Morgan fingerprint density at radius 3 is 1.65 bits per heavy atom. The van der Waals surface area contributed by atoms with Gasteiger partial charge in [0.25, 0.3) is 0 Å². The third kappa shape index (κ3) is 9.78. The van der Waals surface area contributed by atoms with Gasteiger partial charge in [-0.15, -0.1) is 0 Å². The largest absolute Gasteiger partial charge is 0.409 e. The van der Waals surface area contributed by atoms with E-state index < -0.39 is 6.18 Å². The molecule has 3 heteroatoms. The van der Waals surface area contributed by atoms with Gasteiger partial charge in [-0.2, -0.15) is 13.2 Å². The summed E-state index contributed by atoms with van der Waals surface area (Å²) in [5, 5.41) is 0. The summed E-state index contributed by atoms with van der Waals surface area (Å²) in [7, 11) is 0. The van der Waals surface area contributed by atoms with E-state index in [0.29, 0.717) is 17.9 Å². The van der Waals surface area contributed by atoms with Crippen LogP contribution in [0.2, 0.25) is 0 Å². The minimum absolute atomic E-state index is 0.0816. The molecule has 0 saturated heterocycles. The summed E-state index contributed by atoms with van der Waals surface area (Å²) in [6.45, 7) is 2.28. The molecule has 0 amide bonds. The lowest BCUT2D eigenvalue weighted by molar-refractivity contribution is -0.0803. The molecule has 0 radical (unpaired) electrons. The standard InChI is InChI=1S/C31H47F3/c1-2-3-4-5-6-7-8-9-10-25-11-15-27(16-12-25)29-19-21-30(22-20-29)28-17-13-26(14-18-28)23-24-31(32,33)34/h19-28H,2-18H2,1H3/t25-,26-,27-,28-. The highest BCUT2D eigenvalue weighted by molar-refractivity contribution is 5.28. The van der Waals surface area contributed by atoms with Gasteiger partial charge < -0.3 is 0 Å². The molecule has 0 heterocycles. The smallest absolute Gasteiger partial charge is 0.167 e. The van der Waals surface area contributed by atoms with Crippen molar-refractivity contribution in [3.8, 4) is 0 Å². The van der Waals surface area contributed by atoms with E-state index in [4.69, 9.17) is 0 Å². The normalized spacial score (nSPS) is 26.2. The van der Waals surface area contributed by atoms with Crippen LogP contribution in [-0.2, 0) is 0 Å². The van der Waals surface area contributed by atoms with E-state index in [1.165, 1.54) is 101 Å². The van der Waals surface area contributed by atoms with E-state index in [9.17, 15) is 13.2 Å². The molecule has 0 N–H and O–H groups in total. The summed E-state index contributed by atoms with van der Waals surface area (Å²) in [5.41, 5.74) is 2.88. The highest BCUT2D eigenvalue weighted by atomic mass is 19.4. The maximum atomic E-state index is 12.4. The topological polar surface area (TPSA) is 0 Å². The van der Waals surface area contributed by atoms with Crippen LogP contribution in [0.25, 0.3) is 0 Å². The lowest BCUT2D eigenvalue weighted by atomic mass is 9.75. The number of hydrogen-bond donors (Lipinski definition) is 0. The molecule has 0 nitrogen and oxygen atoms in total. The van der Waals surface area contributed by atoms with Gasteiger partial charge in [-0.1, -0.05) is 95.1 Å². The molecule has 34 heavy (non-hydrogen) atoms. The summed E-state index contributed by atoms with van der Waals surface area (Å²) in [4.78, 5) is 0. The van der Waals surface area contributed by atoms with E-state index >= 15 is 0 Å². The SMILES string of the molecule is CCCCCCCCCC[C@H]1CC[C@H](c2ccc([C@H]3CC[C@H](C=CC(F)(F)F)CC3)cc2)CC1. The van der Waals surface area contributed by atoms with Crippen LogP contribution in [0.4, 0.5) is 13.2 Å². The van der Waals surface area contributed by atoms with Gasteiger partial charge in [-0.25, -0.2) is 0 Å². The predicted octanol–water partition coefficient (Wildman–Crippen LogP) is 10.9. The molecule has 192 valence electrons. The van der Waals surface area contributed by atoms with Crippen molar-refractivity contribution >= 4 is 0 Å². The van der Waals surface area contributed by atoms with Gasteiger partial charge in [-0.3, -0.25) is 0 Å². The molecular weight excluding hydrogens is 429 g/mol. The minimum Gasteiger partial charge on any atom is -0.167 e. The van der Waals surface area contributed by atoms with Gasteiger partial charge in [0.05, 0.1) is 0 Å². The Kier molecular flexibility index (Phi) is 11.5. The maximum absolute atomic E-state index is 12.4. The molecule has 0 spiro atoms. The fraction of sp³-hybridized carbons (Fsp3) is 0.742. The van der Waals surface area contributed by atoms with Gasteiger partial charge in [0, 0.05) is 6.08 Å². The first-order valence-electron chi connectivity index (χ1n) is 14.3. The van der Waals surface area contributed by atoms with E-state index in [1.54, 1.807) is 0 Å². The molecule has 0 unspecified atom stereocenters. The lowest BCUT2D eigenvalue weighted by Crippen LogP contribution is -2.14. The number of rotatable bonds is 12. The van der Waals surface area contributed by atoms with Gasteiger partial charge >= 0.3 is 6.18 Å². The van der Waals surface area contributed by atoms with Gasteiger partial charge in [0.2, 0.25) is 0 Å². The molecule has 1 aromatic rings. The summed E-state index contributed by atoms with van der Waals surface area (Å²) in [6.07, 6.45) is 19.5. The quantitative estimate of drug-likeness (QED) is 0.208. The molecule has 2 saturated carbocycles. The fourth-order valence-corrected chi connectivity index (χ4v) is 6.28. The number of allylic oxidation sites excluding steroid dienone is 2. The molecule has 0 atom stereocenters. The Hall–Kier alpha value is -1.25. The zero-order chi connectivity index (χ0) is 24.2. The van der Waals surface area contributed by atoms with Crippen molar-refractivity contribution in [2.24, 2.45) is 11.8 Å². The summed E-state index contributed by atoms with van der Waals surface area (Å²) in [6, 6.07) is 9.29. The van der Waals surface area contributed by atoms with Crippen LogP contribution in [0.5, 0.6) is 0 Å². The molecule has 0 aromatic heterocycles. The molecule has 2 aliphatic rings. The summed E-state index contributed by atoms with van der Waals surface area (Å²) < 4.78 is 37.2. The zero-order valence-electron chi connectivity index (χ0n) is 21.4. The number of alkyl halides is 3. The van der Waals surface area contributed by atoms with Crippen LogP contribution in [0, 0.1) is 11.8 Å². The monoisotopic (exact) mass is 476 g/mol. The van der Waals surface area contributed by atoms with Crippen molar-refractivity contribution in [2.75, 3.05) is 0 Å². The molecule has 2 aliphatic carbocycles. The zero-order valence-corrected chi connectivity index (χ0v) is 21.4. The number of unbranched alkanes of at least 4 members (excludes halogenated alkanes) is 7. The van der Waals surface area contributed by atoms with E-state index in [-0.39, 0.29) is 5.92 Å². The average Bonchev–Trinajstić information content (AvgIpc) is 2.85. The van der Waals surface area contributed by atoms with Crippen molar-refractivity contribution in [3.63, 3.8) is 0 Å². The van der Waals surface area contributed by atoms with E-state index in [1.807, 2.05) is 0 Å². The molecule has 3 rings (SSSR count). The number of benzene rings is 1. The van der Waals surface area contributed by atoms with Crippen LogP contribution in [0.3, 0.4) is 0 Å². The highest BCUT2D eigenvalue weighted by Gasteiger charge is 2.26. The first kappa shape index (κ1) is 27.3. The Morgan fingerprint density at radius 2 is 1.15 bits per heavy atom. The first-order valence-corrected chi connectivity index (χ1v) is 14.3. The fourth-order valence-electron chi connectivity index (χ4n) is 6.28. The molecule has 0 bridgehead atoms. The average molecular weight is 477 g/mol. The van der Waals surface area contributed by atoms with E-state index in [0.717, 1.165) is 31.6 Å². The van der Waals surface area contributed by atoms with Crippen LogP contribution < -0.4 is 0 Å². The first-order chi connectivity index (χ1) is 16.4. The lowest BCUT2D eigenvalue weighted by Gasteiger charge is -2.30. The second-order valence-corrected chi connectivity index (χ2v) is 11.2. The van der Waals surface area contributed by atoms with Crippen molar-refractivity contribution in [2.45, 2.75) is 134 Å². The molecule has 1 aromatic carbocycles. The second-order valence-electron chi connectivity index (χ2n) is 11.2. The Bertz CT molecular complexity index is 686. The molecule has 2 fully saturated rings. The summed E-state index contributed by atoms with van der Waals surface area (Å²) >= 11 is 0. The van der Waals surface area contributed by atoms with Gasteiger partial charge in [0.1, 0.15) is 0 Å². The Labute approximate surface area is 206 Å². The van der Waals surface area contributed by atoms with Crippen molar-refractivity contribution < 1.29 is 13.2 Å². The van der Waals surface area contributed by atoms with Crippen molar-refractivity contribution in [1.29, 1.82) is 0 Å². The van der Waals surface area contributed by atoms with E-state index in [2.05, 4.69) is 31.2 Å². The van der Waals surface area contributed by atoms with Crippen molar-refractivity contribution in [1.82, 2.24) is 0 Å². The molecular formula is C31H47F3. The number of halogens is 3. The predicted molar refractivity (Wildman–Crippen MR) is 138 cm³/mol. The van der Waals surface area contributed by atoms with Crippen LogP contribution in [0.1, 0.15) is 139 Å². The van der Waals surface area contributed by atoms with Gasteiger partial charge in [-0.05, 0) is 86.2 Å². The van der Waals surface area contributed by atoms with Crippen LogP contribution in [-0.4, -0.2) is 6.18 Å². The summed E-state index contributed by atoms with van der Waals surface area (Å²) in [5.74, 6) is 2.24. The third-order valence-corrected chi connectivity index (χ3v) is 8.52. The van der Waals surface area contributed by atoms with Gasteiger partial charge in [0.15, 0.2) is 0 Å². The Morgan fingerprint density at radius 1 is 0.676 bits per heavy atom. The third-order valence-electron chi connectivity index (χ3n) is 8.52. The van der Waals surface area contributed by atoms with Crippen LogP contribution >= 0.6 is 0 Å². The molecule has 0 aliphatic heterocycles. The van der Waals surface area contributed by atoms with Crippen molar-refractivity contribution in [3.05, 3.63) is 47.5 Å².